The normalized spacial score (nSPS) is 28.5. The Kier molecular flexibility index (Phi) is 3.54. The summed E-state index contributed by atoms with van der Waals surface area (Å²) in [7, 11) is 0. The van der Waals surface area contributed by atoms with Crippen LogP contribution in [-0.2, 0) is 10.3 Å². The quantitative estimate of drug-likeness (QED) is 0.533. The second-order valence-corrected chi connectivity index (χ2v) is 7.57. The Morgan fingerprint density at radius 3 is 2.54 bits per heavy atom. The summed E-state index contributed by atoms with van der Waals surface area (Å²) < 4.78 is 0. The average molecular weight is 373 g/mol. The van der Waals surface area contributed by atoms with Crippen molar-refractivity contribution in [1.82, 2.24) is 5.32 Å². The zero-order valence-electron chi connectivity index (χ0n) is 15.3. The Bertz CT molecular complexity index is 1120. The van der Waals surface area contributed by atoms with Crippen LogP contribution < -0.4 is 10.6 Å². The molecule has 0 saturated carbocycles. The largest absolute Gasteiger partial charge is 0.324 e. The number of carbonyl (C=O) groups excluding carboxylic acids is 1. The number of carbonyl (C=O) groups is 1. The first-order chi connectivity index (χ1) is 13.5. The van der Waals surface area contributed by atoms with E-state index in [1.165, 1.54) is 0 Å². The van der Waals surface area contributed by atoms with Crippen molar-refractivity contribution < 1.29 is 9.72 Å². The van der Waals surface area contributed by atoms with E-state index >= 15 is 0 Å². The summed E-state index contributed by atoms with van der Waals surface area (Å²) in [6.45, 7) is 1.92. The van der Waals surface area contributed by atoms with Gasteiger partial charge in [-0.15, -0.1) is 0 Å². The molecule has 2 aliphatic heterocycles. The summed E-state index contributed by atoms with van der Waals surface area (Å²) in [5, 5.41) is 20.6. The van der Waals surface area contributed by atoms with Crippen LogP contribution in [0.1, 0.15) is 24.0 Å². The summed E-state index contributed by atoms with van der Waals surface area (Å²) in [6.07, 6.45) is 0. The predicted molar refractivity (Wildman–Crippen MR) is 107 cm³/mol. The highest BCUT2D eigenvalue weighted by molar-refractivity contribution is 6.07. The van der Waals surface area contributed by atoms with Gasteiger partial charge in [-0.25, -0.2) is 0 Å². The van der Waals surface area contributed by atoms with Gasteiger partial charge in [0.2, 0.25) is 0 Å². The average Bonchev–Trinajstić information content (AvgIpc) is 3.16. The SMILES string of the molecule is C[C@@H]1N[C@]2(C(=O)Nc3ccccc32)[C@@H]([N+](=O)[O-])[C@@H]1c1cccc2ccccc12. The molecule has 2 heterocycles. The molecule has 0 aliphatic carbocycles. The summed E-state index contributed by atoms with van der Waals surface area (Å²) in [5.74, 6) is -0.803. The first kappa shape index (κ1) is 16.9. The van der Waals surface area contributed by atoms with Gasteiger partial charge >= 0.3 is 0 Å². The second-order valence-electron chi connectivity index (χ2n) is 7.57. The molecule has 2 N–H and O–H groups in total. The molecule has 140 valence electrons. The van der Waals surface area contributed by atoms with Crippen LogP contribution in [0, 0.1) is 10.1 Å². The Morgan fingerprint density at radius 2 is 1.71 bits per heavy atom. The van der Waals surface area contributed by atoms with Crippen molar-refractivity contribution in [3.8, 4) is 0 Å². The van der Waals surface area contributed by atoms with Crippen molar-refractivity contribution in [2.75, 3.05) is 5.32 Å². The third-order valence-corrected chi connectivity index (χ3v) is 6.15. The van der Waals surface area contributed by atoms with Gasteiger partial charge < -0.3 is 5.32 Å². The third kappa shape index (κ3) is 2.09. The molecule has 1 saturated heterocycles. The van der Waals surface area contributed by atoms with Crippen LogP contribution in [-0.4, -0.2) is 22.9 Å². The van der Waals surface area contributed by atoms with Crippen LogP contribution in [0.4, 0.5) is 5.69 Å². The van der Waals surface area contributed by atoms with Crippen molar-refractivity contribution in [3.05, 3.63) is 88.0 Å². The number of amides is 1. The molecule has 4 atom stereocenters. The van der Waals surface area contributed by atoms with Crippen LogP contribution in [0.15, 0.2) is 66.7 Å². The number of nitrogens with zero attached hydrogens (tertiary/aromatic N) is 1. The molecule has 0 radical (unpaired) electrons. The summed E-state index contributed by atoms with van der Waals surface area (Å²) >= 11 is 0. The van der Waals surface area contributed by atoms with E-state index in [1.54, 1.807) is 12.1 Å². The maximum absolute atomic E-state index is 13.1. The van der Waals surface area contributed by atoms with Crippen LogP contribution in [0.25, 0.3) is 10.8 Å². The van der Waals surface area contributed by atoms with Crippen molar-refractivity contribution in [1.29, 1.82) is 0 Å². The van der Waals surface area contributed by atoms with E-state index in [2.05, 4.69) is 10.6 Å². The van der Waals surface area contributed by atoms with Crippen LogP contribution in [0.3, 0.4) is 0 Å². The van der Waals surface area contributed by atoms with Crippen LogP contribution >= 0.6 is 0 Å². The van der Waals surface area contributed by atoms with Crippen LogP contribution in [0.2, 0.25) is 0 Å². The van der Waals surface area contributed by atoms with Crippen molar-refractivity contribution in [2.45, 2.75) is 30.5 Å². The molecule has 0 unspecified atom stereocenters. The summed E-state index contributed by atoms with van der Waals surface area (Å²) in [4.78, 5) is 25.2. The van der Waals surface area contributed by atoms with Gasteiger partial charge in [-0.1, -0.05) is 60.7 Å². The van der Waals surface area contributed by atoms with Crippen molar-refractivity contribution in [2.24, 2.45) is 0 Å². The molecular weight excluding hydrogens is 354 g/mol. The lowest BCUT2D eigenvalue weighted by Crippen LogP contribution is -2.54. The third-order valence-electron chi connectivity index (χ3n) is 6.15. The molecule has 6 heteroatoms. The Morgan fingerprint density at radius 1 is 1.00 bits per heavy atom. The molecule has 5 rings (SSSR count). The Hall–Kier alpha value is -3.25. The zero-order chi connectivity index (χ0) is 19.5. The second kappa shape index (κ2) is 5.87. The smallest absolute Gasteiger partial charge is 0.256 e. The number of fused-ring (bicyclic) bond motifs is 3. The van der Waals surface area contributed by atoms with Gasteiger partial charge in [0.25, 0.3) is 11.9 Å². The van der Waals surface area contributed by atoms with Gasteiger partial charge in [0, 0.05) is 22.2 Å². The number of nitro groups is 1. The molecule has 3 aromatic carbocycles. The zero-order valence-corrected chi connectivity index (χ0v) is 15.3. The minimum atomic E-state index is -1.37. The highest BCUT2D eigenvalue weighted by atomic mass is 16.6. The van der Waals surface area contributed by atoms with E-state index in [9.17, 15) is 14.9 Å². The van der Waals surface area contributed by atoms with E-state index in [4.69, 9.17) is 0 Å². The fourth-order valence-corrected chi connectivity index (χ4v) is 5.06. The molecule has 1 spiro atoms. The molecule has 28 heavy (non-hydrogen) atoms. The Labute approximate surface area is 161 Å². The first-order valence-corrected chi connectivity index (χ1v) is 9.34. The number of para-hydroxylation sites is 1. The highest BCUT2D eigenvalue weighted by Gasteiger charge is 2.67. The monoisotopic (exact) mass is 373 g/mol. The summed E-state index contributed by atoms with van der Waals surface area (Å²) in [6, 6.07) is 19.6. The molecule has 6 nitrogen and oxygen atoms in total. The van der Waals surface area contributed by atoms with Gasteiger partial charge in [-0.3, -0.25) is 20.2 Å². The predicted octanol–water partition coefficient (Wildman–Crippen LogP) is 3.41. The molecule has 1 fully saturated rings. The maximum Gasteiger partial charge on any atom is 0.256 e. The number of benzene rings is 3. The highest BCUT2D eigenvalue weighted by Crippen LogP contribution is 2.50. The minimum Gasteiger partial charge on any atom is -0.324 e. The topological polar surface area (TPSA) is 84.3 Å². The number of nitrogens with one attached hydrogen (secondary N) is 2. The molecule has 3 aromatic rings. The lowest BCUT2D eigenvalue weighted by molar-refractivity contribution is -0.532. The standard InChI is InChI=1S/C22H19N3O3/c1-13-19(16-10-6-8-14-7-2-3-9-15(14)16)20(25(27)28)22(24-13)17-11-4-5-12-18(17)23-21(22)26/h2-13,19-20,24H,1H3,(H,23,26)/t13-,19-,20-,22-/m0/s1. The molecular formula is C22H19N3O3. The fraction of sp³-hybridized carbons (Fsp3) is 0.227. The van der Waals surface area contributed by atoms with E-state index in [-0.39, 0.29) is 16.9 Å². The first-order valence-electron chi connectivity index (χ1n) is 9.34. The number of hydrogen-bond acceptors (Lipinski definition) is 4. The number of anilines is 1. The van der Waals surface area contributed by atoms with Crippen molar-refractivity contribution in [3.63, 3.8) is 0 Å². The van der Waals surface area contributed by atoms with Gasteiger partial charge in [0.1, 0.15) is 0 Å². The molecule has 0 bridgehead atoms. The molecule has 1 amide bonds. The van der Waals surface area contributed by atoms with E-state index < -0.39 is 17.5 Å². The van der Waals surface area contributed by atoms with Gasteiger partial charge in [0.05, 0.1) is 5.92 Å². The lowest BCUT2D eigenvalue weighted by Gasteiger charge is -2.25. The van der Waals surface area contributed by atoms with E-state index in [1.807, 2.05) is 61.5 Å². The fourth-order valence-electron chi connectivity index (χ4n) is 5.06. The van der Waals surface area contributed by atoms with Gasteiger partial charge in [-0.2, -0.15) is 0 Å². The number of rotatable bonds is 2. The Balaban J connectivity index is 1.75. The lowest BCUT2D eigenvalue weighted by atomic mass is 9.77. The maximum atomic E-state index is 13.1. The van der Waals surface area contributed by atoms with E-state index in [0.29, 0.717) is 11.3 Å². The molecule has 0 aromatic heterocycles. The molecule has 2 aliphatic rings. The van der Waals surface area contributed by atoms with Crippen LogP contribution in [0.5, 0.6) is 0 Å². The van der Waals surface area contributed by atoms with E-state index in [0.717, 1.165) is 16.3 Å². The van der Waals surface area contributed by atoms with Gasteiger partial charge in [0.15, 0.2) is 5.54 Å². The summed E-state index contributed by atoms with van der Waals surface area (Å²) in [5.41, 5.74) is 0.809. The van der Waals surface area contributed by atoms with Gasteiger partial charge in [-0.05, 0) is 29.3 Å². The number of hydrogen-bond donors (Lipinski definition) is 2. The minimum absolute atomic E-state index is 0.252. The van der Waals surface area contributed by atoms with Crippen molar-refractivity contribution >= 4 is 22.4 Å².